The Balaban J connectivity index is 2.00. The van der Waals surface area contributed by atoms with Crippen LogP contribution in [0.3, 0.4) is 0 Å². The molecule has 0 heterocycles. The van der Waals surface area contributed by atoms with Crippen molar-refractivity contribution in [1.29, 1.82) is 0 Å². The van der Waals surface area contributed by atoms with Crippen LogP contribution in [-0.4, -0.2) is 39.8 Å². The van der Waals surface area contributed by atoms with Gasteiger partial charge in [0.2, 0.25) is 15.9 Å². The van der Waals surface area contributed by atoms with Crippen LogP contribution in [0.15, 0.2) is 48.5 Å². The molecule has 2 aromatic carbocycles. The van der Waals surface area contributed by atoms with Crippen molar-refractivity contribution in [1.82, 2.24) is 5.32 Å². The van der Waals surface area contributed by atoms with Gasteiger partial charge in [-0.15, -0.1) is 0 Å². The lowest BCUT2D eigenvalue weighted by molar-refractivity contribution is -0.121. The van der Waals surface area contributed by atoms with Gasteiger partial charge in [0.25, 0.3) is 0 Å². The SMILES string of the molecule is CCc1ccc(N(C(C)C(=O)NCCOc2ccccc2C(C)C)S(C)(=O)=O)cc1. The minimum Gasteiger partial charge on any atom is -0.491 e. The number of amides is 1. The maximum atomic E-state index is 12.6. The summed E-state index contributed by atoms with van der Waals surface area (Å²) in [5.41, 5.74) is 2.68. The Hall–Kier alpha value is -2.54. The molecule has 0 aliphatic rings. The molecule has 0 aliphatic carbocycles. The molecule has 0 saturated carbocycles. The van der Waals surface area contributed by atoms with Gasteiger partial charge in [-0.1, -0.05) is 51.1 Å². The normalized spacial score (nSPS) is 12.5. The number of rotatable bonds is 10. The van der Waals surface area contributed by atoms with Crippen molar-refractivity contribution in [3.05, 3.63) is 59.7 Å². The van der Waals surface area contributed by atoms with Crippen molar-refractivity contribution >= 4 is 21.6 Å². The molecule has 0 saturated heterocycles. The van der Waals surface area contributed by atoms with Gasteiger partial charge in [-0.3, -0.25) is 9.10 Å². The first-order valence-electron chi connectivity index (χ1n) is 10.2. The molecule has 1 amide bonds. The van der Waals surface area contributed by atoms with Crippen LogP contribution in [0.1, 0.15) is 44.7 Å². The van der Waals surface area contributed by atoms with Crippen LogP contribution in [0.5, 0.6) is 5.75 Å². The smallest absolute Gasteiger partial charge is 0.243 e. The Bertz CT molecular complexity index is 940. The van der Waals surface area contributed by atoms with Crippen molar-refractivity contribution in [2.75, 3.05) is 23.7 Å². The Morgan fingerprint density at radius 3 is 2.27 bits per heavy atom. The van der Waals surface area contributed by atoms with Crippen LogP contribution in [0.4, 0.5) is 5.69 Å². The fourth-order valence-corrected chi connectivity index (χ4v) is 4.43. The highest BCUT2D eigenvalue weighted by atomic mass is 32.2. The summed E-state index contributed by atoms with van der Waals surface area (Å²) in [6.07, 6.45) is 1.96. The zero-order valence-corrected chi connectivity index (χ0v) is 19.2. The Morgan fingerprint density at radius 2 is 1.70 bits per heavy atom. The van der Waals surface area contributed by atoms with E-state index < -0.39 is 16.1 Å². The predicted octanol–water partition coefficient (Wildman–Crippen LogP) is 3.72. The van der Waals surface area contributed by atoms with E-state index in [2.05, 4.69) is 19.2 Å². The number of carbonyl (C=O) groups is 1. The predicted molar refractivity (Wildman–Crippen MR) is 122 cm³/mol. The largest absolute Gasteiger partial charge is 0.491 e. The zero-order chi connectivity index (χ0) is 22.3. The molecule has 1 unspecified atom stereocenters. The molecule has 1 N–H and O–H groups in total. The summed E-state index contributed by atoms with van der Waals surface area (Å²) < 4.78 is 31.7. The quantitative estimate of drug-likeness (QED) is 0.581. The van der Waals surface area contributed by atoms with Gasteiger partial charge in [-0.25, -0.2) is 8.42 Å². The molecule has 0 aliphatic heterocycles. The van der Waals surface area contributed by atoms with Crippen LogP contribution >= 0.6 is 0 Å². The van der Waals surface area contributed by atoms with E-state index in [1.807, 2.05) is 43.3 Å². The number of para-hydroxylation sites is 1. The molecule has 2 rings (SSSR count). The van der Waals surface area contributed by atoms with Gasteiger partial charge in [0, 0.05) is 0 Å². The van der Waals surface area contributed by atoms with Gasteiger partial charge in [-0.05, 0) is 48.6 Å². The number of ether oxygens (including phenoxy) is 1. The number of anilines is 1. The minimum atomic E-state index is -3.63. The summed E-state index contributed by atoms with van der Waals surface area (Å²) in [6, 6.07) is 14.1. The third-order valence-electron chi connectivity index (χ3n) is 4.89. The Labute approximate surface area is 180 Å². The molecule has 30 heavy (non-hydrogen) atoms. The maximum absolute atomic E-state index is 12.6. The monoisotopic (exact) mass is 432 g/mol. The van der Waals surface area contributed by atoms with Crippen LogP contribution in [0, 0.1) is 0 Å². The number of hydrogen-bond acceptors (Lipinski definition) is 4. The lowest BCUT2D eigenvalue weighted by Crippen LogP contribution is -2.48. The average molecular weight is 433 g/mol. The summed E-state index contributed by atoms with van der Waals surface area (Å²) in [5.74, 6) is 0.752. The average Bonchev–Trinajstić information content (AvgIpc) is 2.70. The van der Waals surface area contributed by atoms with Crippen molar-refractivity contribution in [3.63, 3.8) is 0 Å². The first-order chi connectivity index (χ1) is 14.1. The van der Waals surface area contributed by atoms with Gasteiger partial charge in [-0.2, -0.15) is 0 Å². The summed E-state index contributed by atoms with van der Waals surface area (Å²) >= 11 is 0. The molecule has 164 valence electrons. The molecule has 1 atom stereocenters. The zero-order valence-electron chi connectivity index (χ0n) is 18.4. The molecule has 6 nitrogen and oxygen atoms in total. The lowest BCUT2D eigenvalue weighted by atomic mass is 10.0. The van der Waals surface area contributed by atoms with E-state index in [0.29, 0.717) is 18.2 Å². The summed E-state index contributed by atoms with van der Waals surface area (Å²) in [4.78, 5) is 12.6. The highest BCUT2D eigenvalue weighted by molar-refractivity contribution is 7.92. The van der Waals surface area contributed by atoms with Crippen molar-refractivity contribution in [3.8, 4) is 5.75 Å². The van der Waals surface area contributed by atoms with Gasteiger partial charge in [0.15, 0.2) is 0 Å². The number of benzene rings is 2. The molecule has 0 spiro atoms. The third-order valence-corrected chi connectivity index (χ3v) is 6.13. The van der Waals surface area contributed by atoms with E-state index in [9.17, 15) is 13.2 Å². The second-order valence-electron chi connectivity index (χ2n) is 7.59. The van der Waals surface area contributed by atoms with Crippen LogP contribution < -0.4 is 14.4 Å². The number of carbonyl (C=O) groups excluding carboxylic acids is 1. The molecule has 0 aromatic heterocycles. The standard InChI is InChI=1S/C23H32N2O4S/c1-6-19-11-13-20(14-12-19)25(30(5,27)28)18(4)23(26)24-15-16-29-22-10-8-7-9-21(22)17(2)3/h7-14,17-18H,6,15-16H2,1-5H3,(H,24,26). The Kier molecular flexibility index (Phi) is 8.29. The van der Waals surface area contributed by atoms with E-state index in [1.165, 1.54) is 0 Å². The number of nitrogens with one attached hydrogen (secondary N) is 1. The molecule has 7 heteroatoms. The molecular weight excluding hydrogens is 400 g/mol. The summed E-state index contributed by atoms with van der Waals surface area (Å²) in [6.45, 7) is 8.38. The fraction of sp³-hybridized carbons (Fsp3) is 0.435. The summed E-state index contributed by atoms with van der Waals surface area (Å²) in [7, 11) is -3.63. The van der Waals surface area contributed by atoms with E-state index in [-0.39, 0.29) is 12.5 Å². The molecule has 0 radical (unpaired) electrons. The second-order valence-corrected chi connectivity index (χ2v) is 9.45. The maximum Gasteiger partial charge on any atom is 0.243 e. The van der Waals surface area contributed by atoms with E-state index >= 15 is 0 Å². The van der Waals surface area contributed by atoms with Crippen LogP contribution in [0.2, 0.25) is 0 Å². The lowest BCUT2D eigenvalue weighted by Gasteiger charge is -2.28. The minimum absolute atomic E-state index is 0.280. The van der Waals surface area contributed by atoms with Gasteiger partial charge >= 0.3 is 0 Å². The first-order valence-corrected chi connectivity index (χ1v) is 12.1. The van der Waals surface area contributed by atoms with E-state index in [4.69, 9.17) is 4.74 Å². The van der Waals surface area contributed by atoms with Crippen molar-refractivity contribution < 1.29 is 17.9 Å². The molecule has 0 fully saturated rings. The highest BCUT2D eigenvalue weighted by Gasteiger charge is 2.28. The van der Waals surface area contributed by atoms with E-state index in [1.54, 1.807) is 19.1 Å². The third kappa shape index (κ3) is 6.23. The highest BCUT2D eigenvalue weighted by Crippen LogP contribution is 2.25. The number of hydrogen-bond donors (Lipinski definition) is 1. The topological polar surface area (TPSA) is 75.7 Å². The van der Waals surface area contributed by atoms with Gasteiger partial charge in [0.1, 0.15) is 18.4 Å². The van der Waals surface area contributed by atoms with Crippen LogP contribution in [0.25, 0.3) is 0 Å². The number of nitrogens with zero attached hydrogens (tertiary/aromatic N) is 1. The van der Waals surface area contributed by atoms with Gasteiger partial charge < -0.3 is 10.1 Å². The van der Waals surface area contributed by atoms with Gasteiger partial charge in [0.05, 0.1) is 18.5 Å². The van der Waals surface area contributed by atoms with Crippen molar-refractivity contribution in [2.24, 2.45) is 0 Å². The first kappa shape index (κ1) is 23.7. The summed E-state index contributed by atoms with van der Waals surface area (Å²) in [5, 5.41) is 2.78. The number of sulfonamides is 1. The fourth-order valence-electron chi connectivity index (χ4n) is 3.26. The molecule has 0 bridgehead atoms. The second kappa shape index (κ2) is 10.5. The Morgan fingerprint density at radius 1 is 1.07 bits per heavy atom. The van der Waals surface area contributed by atoms with Crippen molar-refractivity contribution in [2.45, 2.75) is 46.1 Å². The molecule has 2 aromatic rings. The van der Waals surface area contributed by atoms with Crippen LogP contribution in [-0.2, 0) is 21.2 Å². The molecular formula is C23H32N2O4S. The van der Waals surface area contributed by atoms with E-state index in [0.717, 1.165) is 33.9 Å². The number of aryl methyl sites for hydroxylation is 1.